The molecule has 0 aliphatic heterocycles. The Hall–Kier alpha value is -2.50. The quantitative estimate of drug-likeness (QED) is 0.503. The van der Waals surface area contributed by atoms with Crippen molar-refractivity contribution in [1.29, 1.82) is 0 Å². The largest absolute Gasteiger partial charge is 0.441 e. The molecule has 1 unspecified atom stereocenters. The van der Waals surface area contributed by atoms with Crippen LogP contribution in [0, 0.1) is 0 Å². The van der Waals surface area contributed by atoms with E-state index in [1.165, 1.54) is 11.1 Å². The highest BCUT2D eigenvalue weighted by molar-refractivity contribution is 5.85. The number of aromatic nitrogens is 1. The van der Waals surface area contributed by atoms with Crippen molar-refractivity contribution < 1.29 is 9.21 Å². The van der Waals surface area contributed by atoms with E-state index in [1.807, 2.05) is 48.5 Å². The van der Waals surface area contributed by atoms with Crippen LogP contribution in [-0.2, 0) is 17.6 Å². The number of carbonyl (C=O) groups is 1. The van der Waals surface area contributed by atoms with E-state index in [9.17, 15) is 4.79 Å². The highest BCUT2D eigenvalue weighted by atomic mass is 35.5. The monoisotopic (exact) mass is 447 g/mol. The molecule has 30 heavy (non-hydrogen) atoms. The van der Waals surface area contributed by atoms with Crippen molar-refractivity contribution in [3.05, 3.63) is 71.7 Å². The highest BCUT2D eigenvalue weighted by Crippen LogP contribution is 2.31. The number of carbonyl (C=O) groups excluding carboxylic acids is 1. The molecule has 5 nitrogen and oxygen atoms in total. The minimum atomic E-state index is 0. The molecule has 1 aliphatic rings. The van der Waals surface area contributed by atoms with Crippen molar-refractivity contribution in [2.75, 3.05) is 5.73 Å². The topological polar surface area (TPSA) is 81.1 Å². The maximum Gasteiger partial charge on any atom is 0.220 e. The zero-order valence-corrected chi connectivity index (χ0v) is 18.3. The van der Waals surface area contributed by atoms with Crippen molar-refractivity contribution in [3.63, 3.8) is 0 Å². The van der Waals surface area contributed by atoms with E-state index < -0.39 is 0 Å². The third kappa shape index (κ3) is 5.77. The van der Waals surface area contributed by atoms with Gasteiger partial charge in [-0.1, -0.05) is 36.4 Å². The summed E-state index contributed by atoms with van der Waals surface area (Å²) >= 11 is 0. The van der Waals surface area contributed by atoms with Crippen LogP contribution < -0.4 is 11.1 Å². The molecule has 3 aromatic rings. The summed E-state index contributed by atoms with van der Waals surface area (Å²) in [6.07, 6.45) is 6.64. The summed E-state index contributed by atoms with van der Waals surface area (Å²) in [6, 6.07) is 16.0. The summed E-state index contributed by atoms with van der Waals surface area (Å²) in [4.78, 5) is 16.8. The van der Waals surface area contributed by atoms with E-state index >= 15 is 0 Å². The lowest BCUT2D eigenvalue weighted by Gasteiger charge is -2.26. The normalized spacial score (nSPS) is 14.7. The Balaban J connectivity index is 0.00000160. The number of nitrogens with two attached hydrogens (primary N) is 1. The predicted octanol–water partition coefficient (Wildman–Crippen LogP) is 5.28. The Kier molecular flexibility index (Phi) is 8.75. The van der Waals surface area contributed by atoms with Crippen molar-refractivity contribution >= 4 is 36.4 Å². The molecule has 2 aromatic carbocycles. The van der Waals surface area contributed by atoms with E-state index in [0.717, 1.165) is 36.3 Å². The molecule has 7 heteroatoms. The molecule has 0 spiro atoms. The van der Waals surface area contributed by atoms with Crippen molar-refractivity contribution in [3.8, 4) is 11.3 Å². The van der Waals surface area contributed by atoms with Crippen molar-refractivity contribution in [1.82, 2.24) is 10.3 Å². The molecular weight excluding hydrogens is 421 g/mol. The van der Waals surface area contributed by atoms with Crippen LogP contribution in [0.5, 0.6) is 0 Å². The van der Waals surface area contributed by atoms with Crippen LogP contribution in [0.15, 0.2) is 59.1 Å². The maximum absolute atomic E-state index is 12.4. The number of halogens is 2. The van der Waals surface area contributed by atoms with Crippen molar-refractivity contribution in [2.45, 2.75) is 44.6 Å². The minimum absolute atomic E-state index is 0. The number of hydrogen-bond acceptors (Lipinski definition) is 4. The van der Waals surface area contributed by atoms with Gasteiger partial charge in [-0.3, -0.25) is 4.79 Å². The van der Waals surface area contributed by atoms with Crippen LogP contribution in [0.4, 0.5) is 5.69 Å². The van der Waals surface area contributed by atoms with Gasteiger partial charge in [0.2, 0.25) is 5.91 Å². The number of anilines is 1. The predicted molar refractivity (Wildman–Crippen MR) is 124 cm³/mol. The lowest BCUT2D eigenvalue weighted by atomic mass is 9.87. The number of oxazole rings is 1. The number of nitrogens with zero attached hydrogens (tertiary/aromatic N) is 1. The van der Waals surface area contributed by atoms with Crippen LogP contribution in [-0.4, -0.2) is 10.9 Å². The first-order valence-electron chi connectivity index (χ1n) is 9.87. The molecule has 0 fully saturated rings. The number of nitrogen functional groups attached to an aromatic ring is 1. The lowest BCUT2D eigenvalue weighted by Crippen LogP contribution is -2.30. The van der Waals surface area contributed by atoms with Gasteiger partial charge in [-0.2, -0.15) is 0 Å². The maximum atomic E-state index is 12.4. The van der Waals surface area contributed by atoms with E-state index in [2.05, 4.69) is 10.3 Å². The molecule has 0 saturated heterocycles. The average molecular weight is 448 g/mol. The Morgan fingerprint density at radius 3 is 2.77 bits per heavy atom. The number of benzene rings is 2. The second-order valence-corrected chi connectivity index (χ2v) is 7.31. The van der Waals surface area contributed by atoms with Crippen LogP contribution in [0.3, 0.4) is 0 Å². The fourth-order valence-corrected chi connectivity index (χ4v) is 3.81. The van der Waals surface area contributed by atoms with E-state index in [-0.39, 0.29) is 36.8 Å². The average Bonchev–Trinajstić information content (AvgIpc) is 3.17. The van der Waals surface area contributed by atoms with Gasteiger partial charge in [-0.15, -0.1) is 24.8 Å². The summed E-state index contributed by atoms with van der Waals surface area (Å²) in [5.41, 5.74) is 10.1. The molecule has 1 aromatic heterocycles. The number of rotatable bonds is 6. The molecule has 1 aliphatic carbocycles. The van der Waals surface area contributed by atoms with E-state index in [0.29, 0.717) is 25.2 Å². The first kappa shape index (κ1) is 23.8. The third-order valence-corrected chi connectivity index (χ3v) is 5.22. The molecule has 0 radical (unpaired) electrons. The molecule has 1 heterocycles. The molecule has 3 N–H and O–H groups in total. The zero-order chi connectivity index (χ0) is 19.3. The number of amides is 1. The molecule has 1 amide bonds. The first-order chi connectivity index (χ1) is 13.7. The van der Waals surface area contributed by atoms with Gasteiger partial charge >= 0.3 is 0 Å². The fourth-order valence-electron chi connectivity index (χ4n) is 3.81. The van der Waals surface area contributed by atoms with Crippen LogP contribution in [0.1, 0.15) is 48.7 Å². The Morgan fingerprint density at radius 2 is 1.97 bits per heavy atom. The minimum Gasteiger partial charge on any atom is -0.441 e. The summed E-state index contributed by atoms with van der Waals surface area (Å²) in [7, 11) is 0. The number of hydrogen-bond donors (Lipinski definition) is 2. The van der Waals surface area contributed by atoms with Crippen LogP contribution >= 0.6 is 24.8 Å². The number of fused-ring (bicyclic) bond motifs is 1. The van der Waals surface area contributed by atoms with E-state index in [4.69, 9.17) is 10.2 Å². The summed E-state index contributed by atoms with van der Waals surface area (Å²) in [6.45, 7) is 0. The van der Waals surface area contributed by atoms with Gasteiger partial charge in [0.05, 0.1) is 12.2 Å². The van der Waals surface area contributed by atoms with Gasteiger partial charge in [-0.25, -0.2) is 4.98 Å². The van der Waals surface area contributed by atoms with Crippen LogP contribution in [0.2, 0.25) is 0 Å². The molecular formula is C23H27Cl2N3O2. The second-order valence-electron chi connectivity index (χ2n) is 7.31. The van der Waals surface area contributed by atoms with Gasteiger partial charge in [0, 0.05) is 24.1 Å². The Bertz CT molecular complexity index is 960. The fraction of sp³-hybridized carbons (Fsp3) is 0.304. The first-order valence-corrected chi connectivity index (χ1v) is 9.87. The smallest absolute Gasteiger partial charge is 0.220 e. The number of nitrogens with one attached hydrogen (secondary N) is 1. The van der Waals surface area contributed by atoms with Gasteiger partial charge in [-0.05, 0) is 48.9 Å². The third-order valence-electron chi connectivity index (χ3n) is 5.22. The van der Waals surface area contributed by atoms with Gasteiger partial charge in [0.25, 0.3) is 0 Å². The molecule has 0 saturated carbocycles. The molecule has 4 rings (SSSR count). The van der Waals surface area contributed by atoms with Crippen molar-refractivity contribution in [2.24, 2.45) is 0 Å². The Morgan fingerprint density at radius 1 is 1.17 bits per heavy atom. The van der Waals surface area contributed by atoms with Gasteiger partial charge in [0.1, 0.15) is 0 Å². The van der Waals surface area contributed by atoms with Gasteiger partial charge in [0.15, 0.2) is 11.7 Å². The van der Waals surface area contributed by atoms with E-state index in [1.54, 1.807) is 6.20 Å². The molecule has 160 valence electrons. The van der Waals surface area contributed by atoms with Gasteiger partial charge < -0.3 is 15.5 Å². The highest BCUT2D eigenvalue weighted by Gasteiger charge is 2.21. The summed E-state index contributed by atoms with van der Waals surface area (Å²) in [5, 5.41) is 3.18. The summed E-state index contributed by atoms with van der Waals surface area (Å²) in [5.74, 6) is 1.51. The molecule has 0 bridgehead atoms. The number of aryl methyl sites for hydroxylation is 2. The SMILES string of the molecule is Cl.Cl.Nc1ccc2c(c1)CCCC2NC(=O)CCCc1ncc(-c2ccccc2)o1. The second kappa shape index (κ2) is 11.0. The molecule has 1 atom stereocenters. The zero-order valence-electron chi connectivity index (χ0n) is 16.7. The summed E-state index contributed by atoms with van der Waals surface area (Å²) < 4.78 is 5.80. The standard InChI is InChI=1S/C23H25N3O2.2ClH/c24-18-12-13-19-17(14-18)8-4-9-20(19)26-22(27)10-5-11-23-25-15-21(28-23)16-6-2-1-3-7-16;;/h1-3,6-7,12-15,20H,4-5,8-11,24H2,(H,26,27);2*1H. The van der Waals surface area contributed by atoms with Crippen LogP contribution in [0.25, 0.3) is 11.3 Å². The Labute approximate surface area is 189 Å². The lowest BCUT2D eigenvalue weighted by molar-refractivity contribution is -0.122.